The van der Waals surface area contributed by atoms with Crippen molar-refractivity contribution in [3.8, 4) is 11.5 Å². The van der Waals surface area contributed by atoms with Gasteiger partial charge in [0.25, 0.3) is 0 Å². The summed E-state index contributed by atoms with van der Waals surface area (Å²) in [6.45, 7) is 6.91. The van der Waals surface area contributed by atoms with Gasteiger partial charge < -0.3 is 34.5 Å². The Morgan fingerprint density at radius 1 is 1.16 bits per heavy atom. The van der Waals surface area contributed by atoms with Gasteiger partial charge in [-0.15, -0.1) is 0 Å². The van der Waals surface area contributed by atoms with Crippen LogP contribution in [0.2, 0.25) is 0 Å². The molecule has 38 heavy (non-hydrogen) atoms. The molecule has 4 rings (SSSR count). The number of rotatable bonds is 13. The molecule has 0 spiro atoms. The maximum absolute atomic E-state index is 11.2. The number of fused-ring (bicyclic) bond motifs is 1. The highest BCUT2D eigenvalue weighted by molar-refractivity contribution is 5.72. The lowest BCUT2D eigenvalue weighted by molar-refractivity contribution is -0.118. The summed E-state index contributed by atoms with van der Waals surface area (Å²) in [6, 6.07) is 15.2. The van der Waals surface area contributed by atoms with Gasteiger partial charge in [-0.2, -0.15) is 0 Å². The Balaban J connectivity index is 1.41. The molecule has 2 aliphatic rings. The van der Waals surface area contributed by atoms with Crippen molar-refractivity contribution in [1.82, 2.24) is 10.6 Å². The number of piperidine rings is 1. The Morgan fingerprint density at radius 3 is 2.76 bits per heavy atom. The maximum atomic E-state index is 11.2. The zero-order chi connectivity index (χ0) is 26.7. The first-order valence-corrected chi connectivity index (χ1v) is 13.8. The molecule has 0 bridgehead atoms. The first-order chi connectivity index (χ1) is 18.6. The van der Waals surface area contributed by atoms with Crippen LogP contribution in [-0.4, -0.2) is 71.7 Å². The molecule has 0 saturated carbocycles. The van der Waals surface area contributed by atoms with Crippen molar-refractivity contribution >= 4 is 11.6 Å². The summed E-state index contributed by atoms with van der Waals surface area (Å²) in [4.78, 5) is 13.6. The van der Waals surface area contributed by atoms with Crippen LogP contribution in [-0.2, 0) is 20.9 Å². The predicted octanol–water partition coefficient (Wildman–Crippen LogP) is 3.88. The molecule has 3 atom stereocenters. The van der Waals surface area contributed by atoms with E-state index in [2.05, 4.69) is 45.9 Å². The lowest BCUT2D eigenvalue weighted by Gasteiger charge is -2.37. The fraction of sp³-hybridized carbons (Fsp3) is 0.567. The van der Waals surface area contributed by atoms with Crippen LogP contribution in [0.15, 0.2) is 42.5 Å². The number of nitrogens with zero attached hydrogens (tertiary/aromatic N) is 1. The lowest BCUT2D eigenvalue weighted by Crippen LogP contribution is -2.47. The molecule has 208 valence electrons. The van der Waals surface area contributed by atoms with Crippen LogP contribution in [0.3, 0.4) is 0 Å². The highest BCUT2D eigenvalue weighted by Crippen LogP contribution is 2.35. The van der Waals surface area contributed by atoms with Crippen molar-refractivity contribution in [2.24, 2.45) is 0 Å². The molecule has 0 aromatic heterocycles. The summed E-state index contributed by atoms with van der Waals surface area (Å²) in [5.41, 5.74) is 3.56. The zero-order valence-corrected chi connectivity index (χ0v) is 23.0. The van der Waals surface area contributed by atoms with E-state index >= 15 is 0 Å². The number of ether oxygens (including phenoxy) is 4. The standard InChI is InChI=1S/C30H43N3O5/c1-22(34)31-13-4-6-25-19-27(24-8-10-26(36-3)11-9-24)30(20-32-25)38-21-23-7-12-29-28(18-23)33(15-17-37-29)14-5-16-35-2/h7-12,18,25,27,30,32H,4-6,13-17,19-21H2,1-3H3,(H,31,34)/t25?,27-,30+/m1/s1. The molecule has 1 fully saturated rings. The SMILES string of the molecule is COCCCN1CCOc2ccc(CO[C@H]3CNC(CCCNC(C)=O)C[C@@H]3c3ccc(OC)cc3)cc21. The molecule has 2 N–H and O–H groups in total. The van der Waals surface area contributed by atoms with E-state index in [1.165, 1.54) is 5.56 Å². The molecule has 2 aromatic carbocycles. The second-order valence-corrected chi connectivity index (χ2v) is 10.2. The fourth-order valence-electron chi connectivity index (χ4n) is 5.42. The lowest BCUT2D eigenvalue weighted by atomic mass is 9.83. The Labute approximate surface area is 227 Å². The van der Waals surface area contributed by atoms with E-state index in [0.29, 0.717) is 25.8 Å². The van der Waals surface area contributed by atoms with Crippen LogP contribution in [0.4, 0.5) is 5.69 Å². The van der Waals surface area contributed by atoms with Crippen LogP contribution in [0.1, 0.15) is 49.7 Å². The Bertz CT molecular complexity index is 1020. The summed E-state index contributed by atoms with van der Waals surface area (Å²) in [5, 5.41) is 6.60. The molecule has 2 heterocycles. The first kappa shape index (κ1) is 28.2. The van der Waals surface area contributed by atoms with Gasteiger partial charge >= 0.3 is 0 Å². The van der Waals surface area contributed by atoms with Gasteiger partial charge in [-0.25, -0.2) is 0 Å². The Morgan fingerprint density at radius 2 is 2.00 bits per heavy atom. The smallest absolute Gasteiger partial charge is 0.216 e. The van der Waals surface area contributed by atoms with Gasteiger partial charge in [0.05, 0.1) is 32.1 Å². The largest absolute Gasteiger partial charge is 0.497 e. The van der Waals surface area contributed by atoms with Crippen LogP contribution in [0.25, 0.3) is 0 Å². The number of methoxy groups -OCH3 is 2. The minimum atomic E-state index is 0.0259. The van der Waals surface area contributed by atoms with Crippen molar-refractivity contribution < 1.29 is 23.7 Å². The van der Waals surface area contributed by atoms with Crippen LogP contribution < -0.4 is 25.0 Å². The van der Waals surface area contributed by atoms with Gasteiger partial charge in [0.2, 0.25) is 5.91 Å². The van der Waals surface area contributed by atoms with Gasteiger partial charge in [0.1, 0.15) is 18.1 Å². The number of anilines is 1. The number of nitrogens with one attached hydrogen (secondary N) is 2. The molecule has 1 saturated heterocycles. The third-order valence-electron chi connectivity index (χ3n) is 7.47. The van der Waals surface area contributed by atoms with Crippen LogP contribution >= 0.6 is 0 Å². The molecule has 1 amide bonds. The highest BCUT2D eigenvalue weighted by atomic mass is 16.5. The number of hydrogen-bond acceptors (Lipinski definition) is 7. The highest BCUT2D eigenvalue weighted by Gasteiger charge is 2.32. The molecule has 0 radical (unpaired) electrons. The molecular formula is C30H43N3O5. The van der Waals surface area contributed by atoms with Gasteiger partial charge in [0, 0.05) is 52.2 Å². The molecular weight excluding hydrogens is 482 g/mol. The quantitative estimate of drug-likeness (QED) is 0.384. The van der Waals surface area contributed by atoms with Crippen LogP contribution in [0.5, 0.6) is 11.5 Å². The first-order valence-electron chi connectivity index (χ1n) is 13.8. The maximum Gasteiger partial charge on any atom is 0.216 e. The van der Waals surface area contributed by atoms with Crippen LogP contribution in [0, 0.1) is 0 Å². The van der Waals surface area contributed by atoms with Gasteiger partial charge in [-0.3, -0.25) is 4.79 Å². The monoisotopic (exact) mass is 525 g/mol. The van der Waals surface area contributed by atoms with E-state index in [1.807, 2.05) is 12.1 Å². The van der Waals surface area contributed by atoms with Gasteiger partial charge in [0.15, 0.2) is 0 Å². The minimum absolute atomic E-state index is 0.0259. The van der Waals surface area contributed by atoms with Gasteiger partial charge in [-0.05, 0) is 61.1 Å². The van der Waals surface area contributed by atoms with Crippen molar-refractivity contribution in [3.63, 3.8) is 0 Å². The number of carbonyl (C=O) groups is 1. The second-order valence-electron chi connectivity index (χ2n) is 10.2. The topological polar surface area (TPSA) is 81.3 Å². The summed E-state index contributed by atoms with van der Waals surface area (Å²) in [5.74, 6) is 2.10. The summed E-state index contributed by atoms with van der Waals surface area (Å²) >= 11 is 0. The van der Waals surface area contributed by atoms with Crippen molar-refractivity contribution in [3.05, 3.63) is 53.6 Å². The van der Waals surface area contributed by atoms with E-state index in [-0.39, 0.29) is 17.9 Å². The molecule has 1 unspecified atom stereocenters. The van der Waals surface area contributed by atoms with E-state index in [1.54, 1.807) is 21.1 Å². The number of carbonyl (C=O) groups excluding carboxylic acids is 1. The molecule has 2 aromatic rings. The molecule has 2 aliphatic heterocycles. The van der Waals surface area contributed by atoms with E-state index in [4.69, 9.17) is 18.9 Å². The Hall–Kier alpha value is -2.81. The summed E-state index contributed by atoms with van der Waals surface area (Å²) in [7, 11) is 3.44. The molecule has 8 nitrogen and oxygen atoms in total. The van der Waals surface area contributed by atoms with Crippen molar-refractivity contribution in [2.45, 2.75) is 57.3 Å². The molecule has 0 aliphatic carbocycles. The fourth-order valence-corrected chi connectivity index (χ4v) is 5.42. The average Bonchev–Trinajstić information content (AvgIpc) is 2.94. The van der Waals surface area contributed by atoms with Crippen molar-refractivity contribution in [2.75, 3.05) is 58.5 Å². The Kier molecular flexibility index (Phi) is 10.7. The average molecular weight is 526 g/mol. The summed E-state index contributed by atoms with van der Waals surface area (Å²) < 4.78 is 23.1. The summed E-state index contributed by atoms with van der Waals surface area (Å²) in [6.07, 6.45) is 4.00. The van der Waals surface area contributed by atoms with Crippen molar-refractivity contribution in [1.29, 1.82) is 0 Å². The van der Waals surface area contributed by atoms with E-state index in [9.17, 15) is 4.79 Å². The molecule has 8 heteroatoms. The zero-order valence-electron chi connectivity index (χ0n) is 23.0. The third-order valence-corrected chi connectivity index (χ3v) is 7.47. The van der Waals surface area contributed by atoms with E-state index in [0.717, 1.165) is 74.7 Å². The number of benzene rings is 2. The third kappa shape index (κ3) is 7.85. The number of hydrogen-bond donors (Lipinski definition) is 2. The number of amides is 1. The minimum Gasteiger partial charge on any atom is -0.497 e. The second kappa shape index (κ2) is 14.4. The normalized spacial score (nSPS) is 20.9. The van der Waals surface area contributed by atoms with Gasteiger partial charge in [-0.1, -0.05) is 18.2 Å². The predicted molar refractivity (Wildman–Crippen MR) is 149 cm³/mol. The van der Waals surface area contributed by atoms with E-state index < -0.39 is 0 Å².